The summed E-state index contributed by atoms with van der Waals surface area (Å²) < 4.78 is 5.36. The van der Waals surface area contributed by atoms with Crippen molar-refractivity contribution in [3.8, 4) is 0 Å². The van der Waals surface area contributed by atoms with Crippen LogP contribution in [0.15, 0.2) is 35.5 Å². The Balaban J connectivity index is 2.43. The number of carbonyl (C=O) groups excluding carboxylic acids is 1. The molecule has 4 nitrogen and oxygen atoms in total. The van der Waals surface area contributed by atoms with Crippen LogP contribution in [0.1, 0.15) is 37.9 Å². The monoisotopic (exact) mass is 304 g/mol. The predicted molar refractivity (Wildman–Crippen MR) is 86.7 cm³/mol. The molecule has 1 aliphatic rings. The summed E-state index contributed by atoms with van der Waals surface area (Å²) in [5.41, 5.74) is 3.43. The smallest absolute Gasteiger partial charge is 0.338 e. The fourth-order valence-electron chi connectivity index (χ4n) is 2.34. The van der Waals surface area contributed by atoms with Gasteiger partial charge in [0.15, 0.2) is 5.11 Å². The normalized spacial score (nSPS) is 18.3. The molecule has 0 bridgehead atoms. The van der Waals surface area contributed by atoms with Crippen molar-refractivity contribution in [3.05, 3.63) is 46.7 Å². The largest absolute Gasteiger partial charge is 0.459 e. The van der Waals surface area contributed by atoms with E-state index in [2.05, 4.69) is 10.6 Å². The van der Waals surface area contributed by atoms with E-state index in [0.717, 1.165) is 16.8 Å². The van der Waals surface area contributed by atoms with Crippen molar-refractivity contribution in [2.75, 3.05) is 0 Å². The molecular formula is C16H20N2O2S. The number of hydrogen-bond acceptors (Lipinski definition) is 3. The molecule has 1 atom stereocenters. The van der Waals surface area contributed by atoms with Gasteiger partial charge in [0, 0.05) is 5.70 Å². The maximum Gasteiger partial charge on any atom is 0.338 e. The molecule has 2 N–H and O–H groups in total. The van der Waals surface area contributed by atoms with Crippen LogP contribution in [0.25, 0.3) is 0 Å². The van der Waals surface area contributed by atoms with Crippen molar-refractivity contribution < 1.29 is 9.53 Å². The average Bonchev–Trinajstić information content (AvgIpc) is 2.36. The van der Waals surface area contributed by atoms with Crippen LogP contribution in [0.2, 0.25) is 0 Å². The van der Waals surface area contributed by atoms with Gasteiger partial charge in [0.05, 0.1) is 17.7 Å². The van der Waals surface area contributed by atoms with Gasteiger partial charge in [0.2, 0.25) is 0 Å². The minimum Gasteiger partial charge on any atom is -0.459 e. The molecule has 0 saturated heterocycles. The number of hydrogen-bond donors (Lipinski definition) is 2. The van der Waals surface area contributed by atoms with Crippen LogP contribution < -0.4 is 10.6 Å². The lowest BCUT2D eigenvalue weighted by molar-refractivity contribution is -0.143. The Hall–Kier alpha value is -1.88. The first kappa shape index (κ1) is 15.5. The van der Waals surface area contributed by atoms with Crippen molar-refractivity contribution in [1.82, 2.24) is 10.6 Å². The zero-order valence-corrected chi connectivity index (χ0v) is 13.5. The second-order valence-corrected chi connectivity index (χ2v) is 5.85. The number of carbonyl (C=O) groups is 1. The van der Waals surface area contributed by atoms with Crippen LogP contribution in [0.3, 0.4) is 0 Å². The first-order valence-electron chi connectivity index (χ1n) is 6.94. The van der Waals surface area contributed by atoms with Gasteiger partial charge in [-0.15, -0.1) is 0 Å². The molecule has 1 unspecified atom stereocenters. The van der Waals surface area contributed by atoms with Crippen molar-refractivity contribution in [2.24, 2.45) is 0 Å². The van der Waals surface area contributed by atoms with Gasteiger partial charge in [0.1, 0.15) is 0 Å². The highest BCUT2D eigenvalue weighted by atomic mass is 32.1. The second-order valence-electron chi connectivity index (χ2n) is 5.44. The number of aryl methyl sites for hydroxylation is 1. The van der Waals surface area contributed by atoms with Crippen LogP contribution in [0, 0.1) is 6.92 Å². The number of esters is 1. The summed E-state index contributed by atoms with van der Waals surface area (Å²) in [6.07, 6.45) is -0.162. The first-order chi connectivity index (χ1) is 9.88. The Kier molecular flexibility index (Phi) is 4.63. The molecule has 0 aliphatic carbocycles. The van der Waals surface area contributed by atoms with E-state index < -0.39 is 0 Å². The van der Waals surface area contributed by atoms with Gasteiger partial charge in [-0.05, 0) is 45.5 Å². The molecule has 1 heterocycles. The van der Waals surface area contributed by atoms with Gasteiger partial charge in [-0.25, -0.2) is 4.79 Å². The fraction of sp³-hybridized carbons (Fsp3) is 0.375. The third-order valence-corrected chi connectivity index (χ3v) is 3.43. The highest BCUT2D eigenvalue weighted by molar-refractivity contribution is 7.80. The Labute approximate surface area is 130 Å². The minimum atomic E-state index is -0.323. The second kappa shape index (κ2) is 6.26. The van der Waals surface area contributed by atoms with Gasteiger partial charge >= 0.3 is 5.97 Å². The maximum absolute atomic E-state index is 12.4. The van der Waals surface area contributed by atoms with Gasteiger partial charge in [-0.1, -0.05) is 29.8 Å². The lowest BCUT2D eigenvalue weighted by atomic mass is 9.94. The molecule has 1 aromatic carbocycles. The molecule has 1 aliphatic heterocycles. The molecular weight excluding hydrogens is 284 g/mol. The quantitative estimate of drug-likeness (QED) is 0.664. The summed E-state index contributed by atoms with van der Waals surface area (Å²) in [4.78, 5) is 12.4. The van der Waals surface area contributed by atoms with E-state index >= 15 is 0 Å². The van der Waals surface area contributed by atoms with E-state index in [-0.39, 0.29) is 18.1 Å². The minimum absolute atomic E-state index is 0.162. The summed E-state index contributed by atoms with van der Waals surface area (Å²) in [6, 6.07) is 7.73. The molecule has 0 fully saturated rings. The average molecular weight is 304 g/mol. The molecule has 21 heavy (non-hydrogen) atoms. The summed E-state index contributed by atoms with van der Waals surface area (Å²) >= 11 is 5.21. The van der Waals surface area contributed by atoms with E-state index in [1.807, 2.05) is 52.0 Å². The van der Waals surface area contributed by atoms with E-state index in [1.54, 1.807) is 0 Å². The summed E-state index contributed by atoms with van der Waals surface area (Å²) in [7, 11) is 0. The standard InChI is InChI=1S/C16H20N2O2S/c1-9(2)20-15(19)13-11(4)17-16(21)18-14(13)12-7-5-6-10(3)8-12/h5-9,14H,1-4H3,(H2,17,18,21). The third-order valence-electron chi connectivity index (χ3n) is 3.21. The van der Waals surface area contributed by atoms with Crippen LogP contribution >= 0.6 is 12.2 Å². The van der Waals surface area contributed by atoms with Gasteiger partial charge in [0.25, 0.3) is 0 Å². The topological polar surface area (TPSA) is 50.4 Å². The summed E-state index contributed by atoms with van der Waals surface area (Å²) in [5.74, 6) is -0.323. The Morgan fingerprint density at radius 1 is 1.33 bits per heavy atom. The van der Waals surface area contributed by atoms with E-state index in [1.165, 1.54) is 0 Å². The SMILES string of the molecule is CC1=C(C(=O)OC(C)C)C(c2cccc(C)c2)NC(=S)N1. The lowest BCUT2D eigenvalue weighted by Gasteiger charge is -2.30. The molecule has 0 amide bonds. The van der Waals surface area contributed by atoms with Gasteiger partial charge in [-0.3, -0.25) is 0 Å². The number of allylic oxidation sites excluding steroid dienone is 1. The van der Waals surface area contributed by atoms with Crippen molar-refractivity contribution in [2.45, 2.75) is 39.8 Å². The number of ether oxygens (including phenoxy) is 1. The maximum atomic E-state index is 12.4. The van der Waals surface area contributed by atoms with Crippen molar-refractivity contribution in [1.29, 1.82) is 0 Å². The summed E-state index contributed by atoms with van der Waals surface area (Å²) in [5, 5.41) is 6.67. The highest BCUT2D eigenvalue weighted by Crippen LogP contribution is 2.28. The van der Waals surface area contributed by atoms with Gasteiger partial charge < -0.3 is 15.4 Å². The molecule has 0 spiro atoms. The summed E-state index contributed by atoms with van der Waals surface area (Å²) in [6.45, 7) is 7.53. The Morgan fingerprint density at radius 3 is 2.67 bits per heavy atom. The third kappa shape index (κ3) is 3.61. The highest BCUT2D eigenvalue weighted by Gasteiger charge is 2.31. The van der Waals surface area contributed by atoms with Crippen LogP contribution in [-0.2, 0) is 9.53 Å². The molecule has 5 heteroatoms. The molecule has 0 aromatic heterocycles. The number of rotatable bonds is 3. The fourth-order valence-corrected chi connectivity index (χ4v) is 2.61. The van der Waals surface area contributed by atoms with Crippen molar-refractivity contribution >= 4 is 23.3 Å². The first-order valence-corrected chi connectivity index (χ1v) is 7.35. The predicted octanol–water partition coefficient (Wildman–Crippen LogP) is 2.74. The zero-order valence-electron chi connectivity index (χ0n) is 12.7. The van der Waals surface area contributed by atoms with E-state index in [9.17, 15) is 4.79 Å². The van der Waals surface area contributed by atoms with E-state index in [0.29, 0.717) is 10.7 Å². The zero-order chi connectivity index (χ0) is 15.6. The van der Waals surface area contributed by atoms with E-state index in [4.69, 9.17) is 17.0 Å². The molecule has 2 rings (SSSR count). The molecule has 1 aromatic rings. The number of nitrogens with one attached hydrogen (secondary N) is 2. The molecule has 0 saturated carbocycles. The van der Waals surface area contributed by atoms with Crippen LogP contribution in [-0.4, -0.2) is 17.2 Å². The van der Waals surface area contributed by atoms with Crippen LogP contribution in [0.5, 0.6) is 0 Å². The van der Waals surface area contributed by atoms with Gasteiger partial charge in [-0.2, -0.15) is 0 Å². The number of thiocarbonyl (C=S) groups is 1. The molecule has 112 valence electrons. The Morgan fingerprint density at radius 2 is 2.05 bits per heavy atom. The Bertz CT molecular complexity index is 608. The van der Waals surface area contributed by atoms with Crippen molar-refractivity contribution in [3.63, 3.8) is 0 Å². The lowest BCUT2D eigenvalue weighted by Crippen LogP contribution is -2.45. The van der Waals surface area contributed by atoms with Crippen LogP contribution in [0.4, 0.5) is 0 Å². The number of benzene rings is 1. The molecule has 0 radical (unpaired) electrons.